The Morgan fingerprint density at radius 1 is 1.24 bits per heavy atom. The third kappa shape index (κ3) is 2.99. The summed E-state index contributed by atoms with van der Waals surface area (Å²) < 4.78 is 16.8. The van der Waals surface area contributed by atoms with E-state index in [2.05, 4.69) is 19.9 Å². The fraction of sp³-hybridized carbons (Fsp3) is 0.571. The molecular weight excluding hydrogens is 216 g/mol. The Balaban J connectivity index is 1.88. The highest BCUT2D eigenvalue weighted by Gasteiger charge is 2.30. The van der Waals surface area contributed by atoms with E-state index < -0.39 is 5.79 Å². The van der Waals surface area contributed by atoms with Crippen molar-refractivity contribution in [3.05, 3.63) is 29.3 Å². The first-order valence-corrected chi connectivity index (χ1v) is 6.08. The summed E-state index contributed by atoms with van der Waals surface area (Å²) in [6, 6.07) is 6.11. The minimum atomic E-state index is -0.461. The number of benzene rings is 1. The SMILES string of the molecule is Cc1cccc(OCCC2(C)OCCO2)c1C. The molecule has 94 valence electrons. The Morgan fingerprint density at radius 2 is 1.94 bits per heavy atom. The third-order valence-electron chi connectivity index (χ3n) is 3.27. The molecule has 0 N–H and O–H groups in total. The van der Waals surface area contributed by atoms with Crippen molar-refractivity contribution in [1.29, 1.82) is 0 Å². The van der Waals surface area contributed by atoms with Crippen LogP contribution in [0.25, 0.3) is 0 Å². The lowest BCUT2D eigenvalue weighted by molar-refractivity contribution is -0.150. The van der Waals surface area contributed by atoms with Crippen LogP contribution in [0, 0.1) is 13.8 Å². The van der Waals surface area contributed by atoms with E-state index >= 15 is 0 Å². The minimum absolute atomic E-state index is 0.461. The highest BCUT2D eigenvalue weighted by molar-refractivity contribution is 5.38. The van der Waals surface area contributed by atoms with E-state index in [9.17, 15) is 0 Å². The van der Waals surface area contributed by atoms with Crippen molar-refractivity contribution in [2.45, 2.75) is 33.0 Å². The van der Waals surface area contributed by atoms with Crippen LogP contribution in [0.15, 0.2) is 18.2 Å². The van der Waals surface area contributed by atoms with Crippen molar-refractivity contribution in [2.75, 3.05) is 19.8 Å². The van der Waals surface area contributed by atoms with Gasteiger partial charge in [0.25, 0.3) is 0 Å². The molecule has 0 spiro atoms. The molecule has 0 amide bonds. The molecule has 0 aliphatic carbocycles. The van der Waals surface area contributed by atoms with Gasteiger partial charge in [-0.1, -0.05) is 12.1 Å². The van der Waals surface area contributed by atoms with Crippen LogP contribution in [0.3, 0.4) is 0 Å². The summed E-state index contributed by atoms with van der Waals surface area (Å²) in [5.41, 5.74) is 2.45. The van der Waals surface area contributed by atoms with Gasteiger partial charge < -0.3 is 14.2 Å². The number of hydrogen-bond acceptors (Lipinski definition) is 3. The molecule has 1 fully saturated rings. The molecule has 0 atom stereocenters. The normalized spacial score (nSPS) is 18.3. The van der Waals surface area contributed by atoms with E-state index in [1.807, 2.05) is 19.1 Å². The van der Waals surface area contributed by atoms with Gasteiger partial charge in [-0.15, -0.1) is 0 Å². The molecule has 1 aliphatic heterocycles. The van der Waals surface area contributed by atoms with E-state index in [1.165, 1.54) is 11.1 Å². The molecule has 0 unspecified atom stereocenters. The van der Waals surface area contributed by atoms with Gasteiger partial charge in [0, 0.05) is 6.42 Å². The van der Waals surface area contributed by atoms with Crippen molar-refractivity contribution in [1.82, 2.24) is 0 Å². The molecule has 0 aromatic heterocycles. The number of ether oxygens (including phenoxy) is 3. The van der Waals surface area contributed by atoms with E-state index in [1.54, 1.807) is 0 Å². The van der Waals surface area contributed by atoms with Crippen LogP contribution in [-0.2, 0) is 9.47 Å². The third-order valence-corrected chi connectivity index (χ3v) is 3.27. The Hall–Kier alpha value is -1.06. The van der Waals surface area contributed by atoms with Crippen molar-refractivity contribution in [2.24, 2.45) is 0 Å². The highest BCUT2D eigenvalue weighted by atomic mass is 16.7. The van der Waals surface area contributed by atoms with Gasteiger partial charge in [0.1, 0.15) is 5.75 Å². The highest BCUT2D eigenvalue weighted by Crippen LogP contribution is 2.24. The topological polar surface area (TPSA) is 27.7 Å². The first kappa shape index (κ1) is 12.4. The maximum Gasteiger partial charge on any atom is 0.168 e. The molecule has 0 radical (unpaired) electrons. The van der Waals surface area contributed by atoms with E-state index in [-0.39, 0.29) is 0 Å². The minimum Gasteiger partial charge on any atom is -0.493 e. The van der Waals surface area contributed by atoms with Gasteiger partial charge in [0.15, 0.2) is 5.79 Å². The zero-order valence-electron chi connectivity index (χ0n) is 10.8. The summed E-state index contributed by atoms with van der Waals surface area (Å²) in [7, 11) is 0. The zero-order chi connectivity index (χ0) is 12.3. The summed E-state index contributed by atoms with van der Waals surface area (Å²) in [4.78, 5) is 0. The average Bonchev–Trinajstić information content (AvgIpc) is 2.72. The van der Waals surface area contributed by atoms with E-state index in [4.69, 9.17) is 14.2 Å². The smallest absolute Gasteiger partial charge is 0.168 e. The molecule has 1 aromatic carbocycles. The maximum atomic E-state index is 5.78. The predicted molar refractivity (Wildman–Crippen MR) is 66.3 cm³/mol. The van der Waals surface area contributed by atoms with Crippen molar-refractivity contribution >= 4 is 0 Å². The number of aryl methyl sites for hydroxylation is 1. The van der Waals surface area contributed by atoms with Crippen LogP contribution in [0.4, 0.5) is 0 Å². The van der Waals surface area contributed by atoms with Crippen molar-refractivity contribution in [3.63, 3.8) is 0 Å². The lowest BCUT2D eigenvalue weighted by Crippen LogP contribution is -2.28. The predicted octanol–water partition coefficient (Wildman–Crippen LogP) is 2.84. The summed E-state index contributed by atoms with van der Waals surface area (Å²) >= 11 is 0. The molecule has 0 saturated carbocycles. The maximum absolute atomic E-state index is 5.78. The first-order valence-electron chi connectivity index (χ1n) is 6.08. The molecule has 3 heteroatoms. The zero-order valence-corrected chi connectivity index (χ0v) is 10.8. The van der Waals surface area contributed by atoms with E-state index in [0.29, 0.717) is 19.8 Å². The van der Waals surface area contributed by atoms with Gasteiger partial charge in [0.05, 0.1) is 19.8 Å². The standard InChI is InChI=1S/C14H20O3/c1-11-5-4-6-13(12(11)2)15-8-7-14(3)16-9-10-17-14/h4-6H,7-10H2,1-3H3. The molecular formula is C14H20O3. The Labute approximate surface area is 103 Å². The Morgan fingerprint density at radius 3 is 2.65 bits per heavy atom. The number of hydrogen-bond donors (Lipinski definition) is 0. The number of rotatable bonds is 4. The quantitative estimate of drug-likeness (QED) is 0.804. The fourth-order valence-electron chi connectivity index (χ4n) is 1.93. The lowest BCUT2D eigenvalue weighted by Gasteiger charge is -2.22. The summed E-state index contributed by atoms with van der Waals surface area (Å²) in [5, 5.41) is 0. The monoisotopic (exact) mass is 236 g/mol. The summed E-state index contributed by atoms with van der Waals surface area (Å²) in [5.74, 6) is 0.490. The molecule has 1 aromatic rings. The van der Waals surface area contributed by atoms with Crippen LogP contribution in [-0.4, -0.2) is 25.6 Å². The lowest BCUT2D eigenvalue weighted by atomic mass is 10.1. The summed E-state index contributed by atoms with van der Waals surface area (Å²) in [6.45, 7) is 8.11. The molecule has 0 bridgehead atoms. The van der Waals surface area contributed by atoms with Gasteiger partial charge >= 0.3 is 0 Å². The van der Waals surface area contributed by atoms with Gasteiger partial charge in [-0.3, -0.25) is 0 Å². The van der Waals surface area contributed by atoms with Gasteiger partial charge in [-0.25, -0.2) is 0 Å². The van der Waals surface area contributed by atoms with Gasteiger partial charge in [-0.05, 0) is 38.0 Å². The molecule has 1 aliphatic rings. The fourth-order valence-corrected chi connectivity index (χ4v) is 1.93. The van der Waals surface area contributed by atoms with Gasteiger partial charge in [-0.2, -0.15) is 0 Å². The largest absolute Gasteiger partial charge is 0.493 e. The van der Waals surface area contributed by atoms with Crippen LogP contribution in [0.5, 0.6) is 5.75 Å². The summed E-state index contributed by atoms with van der Waals surface area (Å²) in [6.07, 6.45) is 0.750. The molecule has 1 saturated heterocycles. The Kier molecular flexibility index (Phi) is 3.69. The van der Waals surface area contributed by atoms with Gasteiger partial charge in [0.2, 0.25) is 0 Å². The first-order chi connectivity index (χ1) is 8.11. The van der Waals surface area contributed by atoms with Crippen molar-refractivity contribution < 1.29 is 14.2 Å². The van der Waals surface area contributed by atoms with Crippen LogP contribution < -0.4 is 4.74 Å². The second-order valence-corrected chi connectivity index (χ2v) is 4.63. The molecule has 2 rings (SSSR count). The Bertz CT molecular complexity index is 381. The molecule has 1 heterocycles. The van der Waals surface area contributed by atoms with E-state index in [0.717, 1.165) is 12.2 Å². The second-order valence-electron chi connectivity index (χ2n) is 4.63. The van der Waals surface area contributed by atoms with Crippen LogP contribution >= 0.6 is 0 Å². The second kappa shape index (κ2) is 5.07. The van der Waals surface area contributed by atoms with Crippen LogP contribution in [0.2, 0.25) is 0 Å². The molecule has 17 heavy (non-hydrogen) atoms. The van der Waals surface area contributed by atoms with Crippen molar-refractivity contribution in [3.8, 4) is 5.75 Å². The average molecular weight is 236 g/mol. The molecule has 3 nitrogen and oxygen atoms in total. The van der Waals surface area contributed by atoms with Crippen LogP contribution in [0.1, 0.15) is 24.5 Å².